The van der Waals surface area contributed by atoms with E-state index >= 15 is 0 Å². The smallest absolute Gasteiger partial charge is 0.124 e. The summed E-state index contributed by atoms with van der Waals surface area (Å²) in [5, 5.41) is 8.41. The highest BCUT2D eigenvalue weighted by Crippen LogP contribution is 2.28. The molecule has 2 rings (SSSR count). The maximum absolute atomic E-state index is 7.68. The van der Waals surface area contributed by atoms with E-state index in [4.69, 9.17) is 22.7 Å². The van der Waals surface area contributed by atoms with Gasteiger partial charge in [0.2, 0.25) is 0 Å². The fourth-order valence-corrected chi connectivity index (χ4v) is 2.31. The molecule has 0 fully saturated rings. The fourth-order valence-electron chi connectivity index (χ4n) is 2.18. The van der Waals surface area contributed by atoms with Crippen molar-refractivity contribution in [2.45, 2.75) is 13.0 Å². The molecule has 0 amide bonds. The first-order valence-electron chi connectivity index (χ1n) is 6.42. The standard InChI is InChI=1S/C16H18ClN3/c1-11(12-7-9-13(17)10-8-12)20(2)15-6-4-3-5-14(15)16(18)19/h3-11H,1-2H3,(H3,18,19). The lowest BCUT2D eigenvalue weighted by atomic mass is 10.0. The summed E-state index contributed by atoms with van der Waals surface area (Å²) in [5.74, 6) is 0.0794. The molecule has 3 nitrogen and oxygen atoms in total. The summed E-state index contributed by atoms with van der Waals surface area (Å²) in [4.78, 5) is 2.11. The summed E-state index contributed by atoms with van der Waals surface area (Å²) in [5.41, 5.74) is 8.51. The van der Waals surface area contributed by atoms with Gasteiger partial charge in [-0.3, -0.25) is 5.41 Å². The number of para-hydroxylation sites is 1. The molecule has 0 aromatic heterocycles. The summed E-state index contributed by atoms with van der Waals surface area (Å²) in [6.07, 6.45) is 0. The van der Waals surface area contributed by atoms with Crippen LogP contribution >= 0.6 is 11.6 Å². The number of nitrogen functional groups attached to an aromatic ring is 1. The Bertz CT molecular complexity index is 607. The summed E-state index contributed by atoms with van der Waals surface area (Å²) < 4.78 is 0. The van der Waals surface area contributed by atoms with Gasteiger partial charge in [0, 0.05) is 23.3 Å². The Labute approximate surface area is 124 Å². The minimum absolute atomic E-state index is 0.0794. The molecule has 4 heteroatoms. The molecule has 0 bridgehead atoms. The second kappa shape index (κ2) is 5.97. The molecule has 0 heterocycles. The van der Waals surface area contributed by atoms with Crippen LogP contribution in [0.4, 0.5) is 5.69 Å². The summed E-state index contributed by atoms with van der Waals surface area (Å²) >= 11 is 5.92. The molecule has 1 unspecified atom stereocenters. The third-order valence-electron chi connectivity index (χ3n) is 3.51. The Kier molecular flexibility index (Phi) is 4.30. The minimum Gasteiger partial charge on any atom is -0.384 e. The van der Waals surface area contributed by atoms with Gasteiger partial charge in [-0.05, 0) is 36.8 Å². The maximum Gasteiger partial charge on any atom is 0.124 e. The maximum atomic E-state index is 7.68. The van der Waals surface area contributed by atoms with E-state index in [0.29, 0.717) is 0 Å². The fraction of sp³-hybridized carbons (Fsp3) is 0.188. The second-order valence-electron chi connectivity index (χ2n) is 4.77. The minimum atomic E-state index is 0.0794. The molecule has 0 saturated carbocycles. The lowest BCUT2D eigenvalue weighted by Crippen LogP contribution is -2.25. The molecule has 3 N–H and O–H groups in total. The number of hydrogen-bond acceptors (Lipinski definition) is 2. The lowest BCUT2D eigenvalue weighted by molar-refractivity contribution is 0.739. The van der Waals surface area contributed by atoms with Gasteiger partial charge in [-0.25, -0.2) is 0 Å². The first kappa shape index (κ1) is 14.4. The van der Waals surface area contributed by atoms with Crippen LogP contribution in [-0.4, -0.2) is 12.9 Å². The van der Waals surface area contributed by atoms with Gasteiger partial charge in [0.05, 0.1) is 6.04 Å². The Morgan fingerprint density at radius 3 is 2.35 bits per heavy atom. The number of anilines is 1. The molecule has 20 heavy (non-hydrogen) atoms. The van der Waals surface area contributed by atoms with Crippen LogP contribution in [0.3, 0.4) is 0 Å². The Morgan fingerprint density at radius 2 is 1.75 bits per heavy atom. The monoisotopic (exact) mass is 287 g/mol. The van der Waals surface area contributed by atoms with Crippen LogP contribution in [0.25, 0.3) is 0 Å². The van der Waals surface area contributed by atoms with E-state index in [0.717, 1.165) is 21.8 Å². The summed E-state index contributed by atoms with van der Waals surface area (Å²) in [7, 11) is 2.00. The SMILES string of the molecule is CC(c1ccc(Cl)cc1)N(C)c1ccccc1C(=N)N. The number of benzene rings is 2. The van der Waals surface area contributed by atoms with Crippen LogP contribution < -0.4 is 10.6 Å². The van der Waals surface area contributed by atoms with Crippen LogP contribution in [0.2, 0.25) is 5.02 Å². The Morgan fingerprint density at radius 1 is 1.15 bits per heavy atom. The number of halogens is 1. The third kappa shape index (κ3) is 2.94. The molecule has 0 spiro atoms. The first-order chi connectivity index (χ1) is 9.50. The molecule has 0 aliphatic rings. The van der Waals surface area contributed by atoms with Gasteiger partial charge in [0.1, 0.15) is 5.84 Å². The highest BCUT2D eigenvalue weighted by Gasteiger charge is 2.16. The molecular weight excluding hydrogens is 270 g/mol. The van der Waals surface area contributed by atoms with Crippen molar-refractivity contribution in [3.63, 3.8) is 0 Å². The topological polar surface area (TPSA) is 53.1 Å². The van der Waals surface area contributed by atoms with Crippen molar-refractivity contribution in [3.05, 3.63) is 64.7 Å². The first-order valence-corrected chi connectivity index (χ1v) is 6.80. The van der Waals surface area contributed by atoms with Gasteiger partial charge in [-0.15, -0.1) is 0 Å². The molecule has 2 aromatic rings. The summed E-state index contributed by atoms with van der Waals surface area (Å²) in [6.45, 7) is 2.11. The number of rotatable bonds is 4. The van der Waals surface area contributed by atoms with Crippen molar-refractivity contribution < 1.29 is 0 Å². The van der Waals surface area contributed by atoms with E-state index in [9.17, 15) is 0 Å². The van der Waals surface area contributed by atoms with Crippen LogP contribution in [0.5, 0.6) is 0 Å². The molecule has 0 radical (unpaired) electrons. The van der Waals surface area contributed by atoms with Crippen LogP contribution in [0.1, 0.15) is 24.1 Å². The molecule has 104 valence electrons. The van der Waals surface area contributed by atoms with Crippen molar-refractivity contribution in [3.8, 4) is 0 Å². The average Bonchev–Trinajstić information content (AvgIpc) is 2.46. The van der Waals surface area contributed by atoms with Crippen LogP contribution in [0, 0.1) is 5.41 Å². The average molecular weight is 288 g/mol. The van der Waals surface area contributed by atoms with Crippen LogP contribution in [0.15, 0.2) is 48.5 Å². The largest absolute Gasteiger partial charge is 0.384 e. The van der Waals surface area contributed by atoms with E-state index in [2.05, 4.69) is 11.8 Å². The van der Waals surface area contributed by atoms with Crippen molar-refractivity contribution in [1.82, 2.24) is 0 Å². The number of nitrogens with two attached hydrogens (primary N) is 1. The van der Waals surface area contributed by atoms with E-state index < -0.39 is 0 Å². The molecule has 2 aromatic carbocycles. The van der Waals surface area contributed by atoms with Crippen LogP contribution in [-0.2, 0) is 0 Å². The van der Waals surface area contributed by atoms with Gasteiger partial charge >= 0.3 is 0 Å². The quantitative estimate of drug-likeness (QED) is 0.663. The van der Waals surface area contributed by atoms with E-state index in [1.54, 1.807) is 0 Å². The highest BCUT2D eigenvalue weighted by atomic mass is 35.5. The zero-order valence-corrected chi connectivity index (χ0v) is 12.4. The molecule has 0 aliphatic carbocycles. The second-order valence-corrected chi connectivity index (χ2v) is 5.21. The molecular formula is C16H18ClN3. The number of nitrogens with one attached hydrogen (secondary N) is 1. The number of hydrogen-bond donors (Lipinski definition) is 2. The van der Waals surface area contributed by atoms with Gasteiger partial charge in [-0.2, -0.15) is 0 Å². The molecule has 0 aliphatic heterocycles. The van der Waals surface area contributed by atoms with E-state index in [-0.39, 0.29) is 11.9 Å². The predicted octanol–water partition coefficient (Wildman–Crippen LogP) is 3.82. The molecule has 1 atom stereocenters. The van der Waals surface area contributed by atoms with Crippen molar-refractivity contribution in [1.29, 1.82) is 5.41 Å². The third-order valence-corrected chi connectivity index (χ3v) is 3.76. The van der Waals surface area contributed by atoms with Crippen molar-refractivity contribution in [2.24, 2.45) is 5.73 Å². The Balaban J connectivity index is 2.33. The zero-order chi connectivity index (χ0) is 14.7. The van der Waals surface area contributed by atoms with Crippen molar-refractivity contribution >= 4 is 23.1 Å². The van der Waals surface area contributed by atoms with Crippen molar-refractivity contribution in [2.75, 3.05) is 11.9 Å². The van der Waals surface area contributed by atoms with E-state index in [1.807, 2.05) is 55.6 Å². The van der Waals surface area contributed by atoms with Gasteiger partial charge in [-0.1, -0.05) is 35.9 Å². The number of amidine groups is 1. The van der Waals surface area contributed by atoms with Gasteiger partial charge < -0.3 is 10.6 Å². The Hall–Kier alpha value is -2.00. The van der Waals surface area contributed by atoms with E-state index in [1.165, 1.54) is 0 Å². The molecule has 0 saturated heterocycles. The lowest BCUT2D eigenvalue weighted by Gasteiger charge is -2.29. The normalized spacial score (nSPS) is 11.9. The number of nitrogens with zero attached hydrogens (tertiary/aromatic N) is 1. The summed E-state index contributed by atoms with van der Waals surface area (Å²) in [6, 6.07) is 15.6. The van der Waals surface area contributed by atoms with Gasteiger partial charge in [0.15, 0.2) is 0 Å². The zero-order valence-electron chi connectivity index (χ0n) is 11.6. The van der Waals surface area contributed by atoms with Gasteiger partial charge in [0.25, 0.3) is 0 Å². The predicted molar refractivity (Wildman–Crippen MR) is 85.7 cm³/mol. The highest BCUT2D eigenvalue weighted by molar-refractivity contribution is 6.30.